The molecule has 1 saturated carbocycles. The Bertz CT molecular complexity index is 755. The third-order valence-corrected chi connectivity index (χ3v) is 6.32. The van der Waals surface area contributed by atoms with Crippen LogP contribution in [0.25, 0.3) is 0 Å². The van der Waals surface area contributed by atoms with Crippen molar-refractivity contribution < 1.29 is 8.42 Å². The number of halogens is 1. The summed E-state index contributed by atoms with van der Waals surface area (Å²) in [5, 5.41) is 0.248. The zero-order valence-corrected chi connectivity index (χ0v) is 13.7. The van der Waals surface area contributed by atoms with E-state index in [4.69, 9.17) is 11.6 Å². The molecule has 0 bridgehead atoms. The average Bonchev–Trinajstić information content (AvgIpc) is 2.47. The molecule has 0 amide bonds. The highest BCUT2D eigenvalue weighted by Crippen LogP contribution is 2.43. The summed E-state index contributed by atoms with van der Waals surface area (Å²) < 4.78 is 27.7. The van der Waals surface area contributed by atoms with Crippen LogP contribution in [0.4, 0.5) is 0 Å². The second-order valence-corrected chi connectivity index (χ2v) is 7.90. The average molecular weight is 336 g/mol. The fourth-order valence-corrected chi connectivity index (χ4v) is 4.58. The molecule has 0 aliphatic heterocycles. The van der Waals surface area contributed by atoms with E-state index in [1.54, 1.807) is 18.2 Å². The van der Waals surface area contributed by atoms with Gasteiger partial charge in [0.2, 0.25) is 10.0 Å². The first-order valence-electron chi connectivity index (χ1n) is 7.33. The largest absolute Gasteiger partial charge is 0.242 e. The molecule has 2 aromatic carbocycles. The summed E-state index contributed by atoms with van der Waals surface area (Å²) in [6.07, 6.45) is 3.13. The van der Waals surface area contributed by atoms with E-state index in [1.165, 1.54) is 11.6 Å². The third-order valence-electron chi connectivity index (χ3n) is 4.42. The maximum Gasteiger partial charge on any atom is 0.242 e. The normalized spacial score (nSPS) is 17.0. The zero-order chi connectivity index (χ0) is 15.6. The molecule has 22 heavy (non-hydrogen) atoms. The predicted molar refractivity (Wildman–Crippen MR) is 88.6 cm³/mol. The lowest BCUT2D eigenvalue weighted by Crippen LogP contribution is -2.45. The van der Waals surface area contributed by atoms with Gasteiger partial charge in [-0.2, -0.15) is 0 Å². The van der Waals surface area contributed by atoms with E-state index in [0.29, 0.717) is 6.54 Å². The molecule has 0 saturated heterocycles. The van der Waals surface area contributed by atoms with Gasteiger partial charge >= 0.3 is 0 Å². The van der Waals surface area contributed by atoms with Gasteiger partial charge in [-0.3, -0.25) is 0 Å². The van der Waals surface area contributed by atoms with Gasteiger partial charge in [0.15, 0.2) is 0 Å². The van der Waals surface area contributed by atoms with Gasteiger partial charge in [-0.05, 0) is 30.5 Å². The van der Waals surface area contributed by atoms with Gasteiger partial charge < -0.3 is 0 Å². The highest BCUT2D eigenvalue weighted by atomic mass is 35.5. The van der Waals surface area contributed by atoms with E-state index < -0.39 is 10.0 Å². The first-order chi connectivity index (χ1) is 10.5. The van der Waals surface area contributed by atoms with E-state index in [2.05, 4.69) is 16.9 Å². The Morgan fingerprint density at radius 3 is 2.23 bits per heavy atom. The number of nitrogens with one attached hydrogen (secondary N) is 1. The minimum absolute atomic E-state index is 0.0877. The molecular weight excluding hydrogens is 318 g/mol. The van der Waals surface area contributed by atoms with Gasteiger partial charge in [-0.25, -0.2) is 13.1 Å². The summed E-state index contributed by atoms with van der Waals surface area (Å²) in [5.74, 6) is 0. The molecule has 0 radical (unpaired) electrons. The van der Waals surface area contributed by atoms with Gasteiger partial charge in [0.05, 0.1) is 5.02 Å². The Labute approximate surface area is 136 Å². The van der Waals surface area contributed by atoms with Gasteiger partial charge in [-0.15, -0.1) is 0 Å². The minimum atomic E-state index is -3.59. The van der Waals surface area contributed by atoms with Crippen LogP contribution in [0.5, 0.6) is 0 Å². The van der Waals surface area contributed by atoms with Crippen LogP contribution >= 0.6 is 11.6 Å². The third kappa shape index (κ3) is 2.91. The molecule has 2 aromatic rings. The van der Waals surface area contributed by atoms with Crippen molar-refractivity contribution in [1.82, 2.24) is 4.72 Å². The van der Waals surface area contributed by atoms with Gasteiger partial charge in [0.25, 0.3) is 0 Å². The maximum atomic E-state index is 12.5. The maximum absolute atomic E-state index is 12.5. The Morgan fingerprint density at radius 2 is 1.64 bits per heavy atom. The molecule has 1 fully saturated rings. The number of sulfonamides is 1. The van der Waals surface area contributed by atoms with Crippen molar-refractivity contribution >= 4 is 21.6 Å². The molecule has 1 aliphatic carbocycles. The molecule has 0 spiro atoms. The monoisotopic (exact) mass is 335 g/mol. The van der Waals surface area contributed by atoms with Crippen molar-refractivity contribution in [2.75, 3.05) is 6.54 Å². The highest BCUT2D eigenvalue weighted by Gasteiger charge is 2.39. The van der Waals surface area contributed by atoms with Crippen molar-refractivity contribution in [3.8, 4) is 0 Å². The van der Waals surface area contributed by atoms with Crippen LogP contribution < -0.4 is 4.72 Å². The smallest absolute Gasteiger partial charge is 0.210 e. The standard InChI is InChI=1S/C17H18ClNO2S/c18-15-9-4-5-10-16(15)22(20,21)19-13-17(11-6-12-17)14-7-2-1-3-8-14/h1-5,7-10,19H,6,11-13H2. The molecule has 116 valence electrons. The predicted octanol–water partition coefficient (Wildman–Crippen LogP) is 3.74. The van der Waals surface area contributed by atoms with Gasteiger partial charge in [-0.1, -0.05) is 60.5 Å². The van der Waals surface area contributed by atoms with E-state index >= 15 is 0 Å². The fraction of sp³-hybridized carbons (Fsp3) is 0.294. The quantitative estimate of drug-likeness (QED) is 0.904. The van der Waals surface area contributed by atoms with Crippen LogP contribution in [0.3, 0.4) is 0 Å². The SMILES string of the molecule is O=S(=O)(NCC1(c2ccccc2)CCC1)c1ccccc1Cl. The van der Waals surface area contributed by atoms with E-state index in [-0.39, 0.29) is 15.3 Å². The fourth-order valence-electron chi connectivity index (χ4n) is 2.94. The van der Waals surface area contributed by atoms with E-state index in [9.17, 15) is 8.42 Å². The zero-order valence-electron chi connectivity index (χ0n) is 12.1. The molecule has 1 N–H and O–H groups in total. The second kappa shape index (κ2) is 6.03. The van der Waals surface area contributed by atoms with Crippen molar-refractivity contribution in [1.29, 1.82) is 0 Å². The molecule has 0 heterocycles. The van der Waals surface area contributed by atoms with Crippen LogP contribution in [0.1, 0.15) is 24.8 Å². The summed E-state index contributed by atoms with van der Waals surface area (Å²) in [6.45, 7) is 0.407. The van der Waals surface area contributed by atoms with E-state index in [1.807, 2.05) is 18.2 Å². The Morgan fingerprint density at radius 1 is 1.00 bits per heavy atom. The Balaban J connectivity index is 1.81. The molecule has 0 atom stereocenters. The summed E-state index contributed by atoms with van der Waals surface area (Å²) in [6, 6.07) is 16.6. The first-order valence-corrected chi connectivity index (χ1v) is 9.19. The van der Waals surface area contributed by atoms with Crippen molar-refractivity contribution in [3.63, 3.8) is 0 Å². The summed E-state index contributed by atoms with van der Waals surface area (Å²) >= 11 is 6.00. The van der Waals surface area contributed by atoms with Crippen molar-refractivity contribution in [2.45, 2.75) is 29.6 Å². The van der Waals surface area contributed by atoms with Crippen LogP contribution in [0.2, 0.25) is 5.02 Å². The molecule has 0 unspecified atom stereocenters. The molecule has 3 rings (SSSR count). The lowest BCUT2D eigenvalue weighted by molar-refractivity contribution is 0.245. The van der Waals surface area contributed by atoms with Crippen LogP contribution in [0, 0.1) is 0 Å². The van der Waals surface area contributed by atoms with Crippen molar-refractivity contribution in [3.05, 3.63) is 65.2 Å². The summed E-state index contributed by atoms with van der Waals surface area (Å²) in [4.78, 5) is 0.138. The molecule has 0 aromatic heterocycles. The molecule has 5 heteroatoms. The van der Waals surface area contributed by atoms with Gasteiger partial charge in [0, 0.05) is 12.0 Å². The number of hydrogen-bond donors (Lipinski definition) is 1. The Hall–Kier alpha value is -1.36. The summed E-state index contributed by atoms with van der Waals surface area (Å²) in [5.41, 5.74) is 1.11. The van der Waals surface area contributed by atoms with Crippen LogP contribution in [0.15, 0.2) is 59.5 Å². The van der Waals surface area contributed by atoms with Crippen LogP contribution in [-0.2, 0) is 15.4 Å². The lowest BCUT2D eigenvalue weighted by Gasteiger charge is -2.42. The minimum Gasteiger partial charge on any atom is -0.210 e. The molecule has 3 nitrogen and oxygen atoms in total. The van der Waals surface area contributed by atoms with Crippen LogP contribution in [-0.4, -0.2) is 15.0 Å². The number of benzene rings is 2. The van der Waals surface area contributed by atoms with Gasteiger partial charge in [0.1, 0.15) is 4.90 Å². The van der Waals surface area contributed by atoms with E-state index in [0.717, 1.165) is 19.3 Å². The summed E-state index contributed by atoms with van der Waals surface area (Å²) in [7, 11) is -3.59. The first kappa shape index (κ1) is 15.5. The lowest BCUT2D eigenvalue weighted by atomic mass is 9.64. The van der Waals surface area contributed by atoms with Crippen molar-refractivity contribution in [2.24, 2.45) is 0 Å². The number of rotatable bonds is 5. The molecule has 1 aliphatic rings. The Kier molecular flexibility index (Phi) is 4.26. The number of hydrogen-bond acceptors (Lipinski definition) is 2. The second-order valence-electron chi connectivity index (χ2n) is 5.75. The topological polar surface area (TPSA) is 46.2 Å². The molecular formula is C17H18ClNO2S. The highest BCUT2D eigenvalue weighted by molar-refractivity contribution is 7.89.